The number of ketones is 3. The van der Waals surface area contributed by atoms with Gasteiger partial charge in [-0.15, -0.1) is 13.2 Å². The molecular formula is C32H24F3NO7. The number of fused-ring (bicyclic) bond motifs is 3. The molecule has 1 fully saturated rings. The van der Waals surface area contributed by atoms with Crippen molar-refractivity contribution in [3.8, 4) is 11.5 Å². The average Bonchev–Trinajstić information content (AvgIpc) is 3.20. The molecule has 0 spiro atoms. The third-order valence-electron chi connectivity index (χ3n) is 8.64. The molecule has 11 heteroatoms. The molecule has 0 unspecified atom stereocenters. The highest BCUT2D eigenvalue weighted by atomic mass is 19.4. The lowest BCUT2D eigenvalue weighted by molar-refractivity contribution is -0.274. The number of alkyl halides is 3. The molecule has 4 atom stereocenters. The largest absolute Gasteiger partial charge is 0.573 e. The molecule has 1 aliphatic heterocycles. The second kappa shape index (κ2) is 9.89. The molecule has 4 aliphatic rings. The smallest absolute Gasteiger partial charge is 0.508 e. The van der Waals surface area contributed by atoms with Crippen molar-refractivity contribution in [2.45, 2.75) is 39.0 Å². The number of anilines is 1. The van der Waals surface area contributed by atoms with Crippen LogP contribution in [0.5, 0.6) is 11.5 Å². The minimum absolute atomic E-state index is 0.0180. The molecule has 3 aliphatic carbocycles. The van der Waals surface area contributed by atoms with E-state index >= 15 is 0 Å². The number of carbonyl (C=O) groups is 5. The van der Waals surface area contributed by atoms with Gasteiger partial charge in [-0.2, -0.15) is 0 Å². The van der Waals surface area contributed by atoms with Gasteiger partial charge in [0.2, 0.25) is 11.8 Å². The maximum atomic E-state index is 14.0. The van der Waals surface area contributed by atoms with Gasteiger partial charge in [-0.3, -0.25) is 28.9 Å². The Balaban J connectivity index is 1.47. The number of allylic oxidation sites excluding steroid dienone is 6. The third-order valence-corrected chi connectivity index (χ3v) is 8.64. The molecule has 1 saturated heterocycles. The number of hydrogen-bond acceptors (Lipinski definition) is 7. The van der Waals surface area contributed by atoms with Crippen molar-refractivity contribution in [1.29, 1.82) is 0 Å². The maximum Gasteiger partial charge on any atom is 0.573 e. The first kappa shape index (κ1) is 28.3. The fraction of sp³-hybridized carbons (Fsp3) is 0.281. The van der Waals surface area contributed by atoms with E-state index in [9.17, 15) is 42.3 Å². The van der Waals surface area contributed by atoms with Crippen LogP contribution in [0.3, 0.4) is 0 Å². The molecule has 0 aromatic heterocycles. The van der Waals surface area contributed by atoms with Crippen molar-refractivity contribution in [1.82, 2.24) is 0 Å². The quantitative estimate of drug-likeness (QED) is 0.227. The Morgan fingerprint density at radius 2 is 1.70 bits per heavy atom. The van der Waals surface area contributed by atoms with Crippen LogP contribution >= 0.6 is 0 Å². The van der Waals surface area contributed by atoms with E-state index in [4.69, 9.17) is 0 Å². The summed E-state index contributed by atoms with van der Waals surface area (Å²) in [7, 11) is 0. The van der Waals surface area contributed by atoms with Crippen molar-refractivity contribution < 1.29 is 47.0 Å². The Kier molecular flexibility index (Phi) is 6.52. The molecule has 0 saturated carbocycles. The summed E-state index contributed by atoms with van der Waals surface area (Å²) < 4.78 is 43.3. The maximum absolute atomic E-state index is 14.0. The second-order valence-corrected chi connectivity index (χ2v) is 11.1. The van der Waals surface area contributed by atoms with Crippen LogP contribution in [0.4, 0.5) is 18.9 Å². The number of benzene rings is 2. The summed E-state index contributed by atoms with van der Waals surface area (Å²) in [5.74, 6) is -6.82. The van der Waals surface area contributed by atoms with Crippen molar-refractivity contribution >= 4 is 34.9 Å². The van der Waals surface area contributed by atoms with Gasteiger partial charge in [-0.05, 0) is 81.1 Å². The zero-order valence-electron chi connectivity index (χ0n) is 22.9. The lowest BCUT2D eigenvalue weighted by Crippen LogP contribution is -2.39. The Labute approximate surface area is 243 Å². The molecule has 1 heterocycles. The van der Waals surface area contributed by atoms with Crippen molar-refractivity contribution in [2.75, 3.05) is 4.90 Å². The van der Waals surface area contributed by atoms with E-state index in [1.165, 1.54) is 38.1 Å². The van der Waals surface area contributed by atoms with Crippen LogP contribution in [0.2, 0.25) is 0 Å². The highest BCUT2D eigenvalue weighted by Gasteiger charge is 2.57. The van der Waals surface area contributed by atoms with E-state index in [-0.39, 0.29) is 46.6 Å². The first-order valence-electron chi connectivity index (χ1n) is 13.5. The van der Waals surface area contributed by atoms with Gasteiger partial charge >= 0.3 is 6.36 Å². The van der Waals surface area contributed by atoms with Gasteiger partial charge in [0.25, 0.3) is 0 Å². The van der Waals surface area contributed by atoms with Crippen LogP contribution in [0, 0.1) is 17.8 Å². The molecule has 43 heavy (non-hydrogen) atoms. The number of phenolic OH excluding ortho intramolecular Hbond substituents is 1. The lowest BCUT2D eigenvalue weighted by Gasteiger charge is -2.42. The van der Waals surface area contributed by atoms with E-state index in [2.05, 4.69) is 4.74 Å². The zero-order valence-corrected chi connectivity index (χ0v) is 22.9. The van der Waals surface area contributed by atoms with Gasteiger partial charge in [0.1, 0.15) is 11.5 Å². The summed E-state index contributed by atoms with van der Waals surface area (Å²) in [4.78, 5) is 67.1. The number of nitrogens with zero attached hydrogens (tertiary/aromatic N) is 1. The number of hydrogen-bond donors (Lipinski definition) is 1. The van der Waals surface area contributed by atoms with Crippen LogP contribution in [0.25, 0.3) is 0 Å². The Morgan fingerprint density at radius 3 is 2.35 bits per heavy atom. The van der Waals surface area contributed by atoms with Crippen LogP contribution in [0.1, 0.15) is 48.5 Å². The van der Waals surface area contributed by atoms with E-state index in [1.54, 1.807) is 6.08 Å². The third kappa shape index (κ3) is 4.59. The summed E-state index contributed by atoms with van der Waals surface area (Å²) in [5.41, 5.74) is 1.34. The van der Waals surface area contributed by atoms with Gasteiger partial charge in [-0.1, -0.05) is 11.6 Å². The lowest BCUT2D eigenvalue weighted by atomic mass is 9.59. The van der Waals surface area contributed by atoms with Crippen molar-refractivity contribution in [3.63, 3.8) is 0 Å². The molecular weight excluding hydrogens is 567 g/mol. The number of halogens is 3. The summed E-state index contributed by atoms with van der Waals surface area (Å²) in [5, 5.41) is 10.9. The van der Waals surface area contributed by atoms with Gasteiger partial charge < -0.3 is 9.84 Å². The summed E-state index contributed by atoms with van der Waals surface area (Å²) in [6.45, 7) is 2.86. The predicted octanol–water partition coefficient (Wildman–Crippen LogP) is 5.13. The van der Waals surface area contributed by atoms with Crippen molar-refractivity contribution in [3.05, 3.63) is 88.0 Å². The minimum atomic E-state index is -5.02. The van der Waals surface area contributed by atoms with E-state index in [0.717, 1.165) is 29.2 Å². The molecule has 0 bridgehead atoms. The number of carbonyl (C=O) groups excluding carboxylic acids is 5. The Morgan fingerprint density at radius 1 is 1.00 bits per heavy atom. The molecule has 0 radical (unpaired) electrons. The molecule has 2 amide bonds. The monoisotopic (exact) mass is 591 g/mol. The highest BCUT2D eigenvalue weighted by molar-refractivity contribution is 6.25. The Bertz CT molecular complexity index is 1730. The summed E-state index contributed by atoms with van der Waals surface area (Å²) >= 11 is 0. The normalized spacial score (nSPS) is 25.2. The topological polar surface area (TPSA) is 118 Å². The number of rotatable bonds is 4. The minimum Gasteiger partial charge on any atom is -0.508 e. The average molecular weight is 592 g/mol. The first-order valence-corrected chi connectivity index (χ1v) is 13.5. The highest BCUT2D eigenvalue weighted by Crippen LogP contribution is 2.56. The number of imide groups is 1. The number of ether oxygens (including phenoxy) is 1. The molecule has 6 rings (SSSR count). The molecule has 2 aromatic rings. The van der Waals surface area contributed by atoms with Gasteiger partial charge in [-0.25, -0.2) is 0 Å². The fourth-order valence-electron chi connectivity index (χ4n) is 6.80. The molecule has 1 N–H and O–H groups in total. The van der Waals surface area contributed by atoms with Crippen LogP contribution in [0.15, 0.2) is 76.9 Å². The predicted molar refractivity (Wildman–Crippen MR) is 145 cm³/mol. The Hall–Kier alpha value is -4.80. The van der Waals surface area contributed by atoms with Gasteiger partial charge in [0.05, 0.1) is 17.5 Å². The number of aromatic hydroxyl groups is 1. The fourth-order valence-corrected chi connectivity index (χ4v) is 6.80. The van der Waals surface area contributed by atoms with Crippen LogP contribution in [-0.4, -0.2) is 40.6 Å². The van der Waals surface area contributed by atoms with E-state index in [0.29, 0.717) is 11.1 Å². The van der Waals surface area contributed by atoms with Gasteiger partial charge in [0.15, 0.2) is 17.3 Å². The number of phenols is 1. The zero-order chi connectivity index (χ0) is 31.0. The second-order valence-electron chi connectivity index (χ2n) is 11.1. The molecule has 2 aromatic carbocycles. The molecule has 220 valence electrons. The first-order chi connectivity index (χ1) is 20.3. The van der Waals surface area contributed by atoms with Gasteiger partial charge in [0, 0.05) is 33.8 Å². The number of Topliss-reactive ketones (excluding diaryl/α,β-unsaturated/α-hetero) is 2. The summed E-state index contributed by atoms with van der Waals surface area (Å²) in [6, 6.07) is 8.95. The van der Waals surface area contributed by atoms with Crippen LogP contribution in [-0.2, 0) is 19.2 Å². The molecule has 8 nitrogen and oxygen atoms in total. The summed E-state index contributed by atoms with van der Waals surface area (Å²) in [6.07, 6.45) is -2.12. The standard InChI is InChI=1S/C32H24F3NO7/c1-14-11-25(39)28-23(29(14)40)13-21-19(26(28)22-12-18(7-10-24(22)38)43-32(33,34)35)8-9-20-27(21)31(42)36(30(20)41)17-5-3-16(4-6-17)15(2)37/h3-8,10-12,20-21,26-27,38H,9,13H2,1-2H3/t20-,21+,26+,27-/m0/s1. The van der Waals surface area contributed by atoms with E-state index in [1.807, 2.05) is 0 Å². The van der Waals surface area contributed by atoms with Crippen LogP contribution < -0.4 is 9.64 Å². The SMILES string of the molecule is CC(=O)c1ccc(N2C(=O)[C@H]3[C@H](CC=C4[C@H](c5cc(OC(F)(F)F)ccc5O)C5=C(C[C@H]43)C(=O)C(C)=CC5=O)C2=O)cc1. The van der Waals surface area contributed by atoms with E-state index < -0.39 is 64.9 Å². The van der Waals surface area contributed by atoms with Crippen molar-refractivity contribution in [2.24, 2.45) is 17.8 Å². The number of amides is 2.